The number of anilines is 2. The molecule has 1 heterocycles. The first kappa shape index (κ1) is 16.6. The Bertz CT molecular complexity index is 569. The highest BCUT2D eigenvalue weighted by molar-refractivity contribution is 6.18. The quantitative estimate of drug-likeness (QED) is 0.801. The summed E-state index contributed by atoms with van der Waals surface area (Å²) in [7, 11) is 0. The fraction of sp³-hybridized carbons (Fsp3) is 0.500. The molecule has 120 valence electrons. The molecule has 0 bridgehead atoms. The van der Waals surface area contributed by atoms with Gasteiger partial charge in [-0.25, -0.2) is 4.79 Å². The lowest BCUT2D eigenvalue weighted by Crippen LogP contribution is -2.49. The first-order chi connectivity index (χ1) is 10.3. The summed E-state index contributed by atoms with van der Waals surface area (Å²) in [4.78, 5) is 27.8. The van der Waals surface area contributed by atoms with Gasteiger partial charge >= 0.3 is 6.09 Å². The van der Waals surface area contributed by atoms with E-state index in [0.29, 0.717) is 24.5 Å². The van der Waals surface area contributed by atoms with Crippen LogP contribution in [0.2, 0.25) is 0 Å². The number of para-hydroxylation sites is 2. The highest BCUT2D eigenvalue weighted by Gasteiger charge is 2.34. The third kappa shape index (κ3) is 3.71. The van der Waals surface area contributed by atoms with Crippen LogP contribution in [-0.4, -0.2) is 36.6 Å². The van der Waals surface area contributed by atoms with E-state index >= 15 is 0 Å². The monoisotopic (exact) mass is 324 g/mol. The van der Waals surface area contributed by atoms with Crippen LogP contribution >= 0.6 is 11.6 Å². The second kappa shape index (κ2) is 6.57. The molecular formula is C16H21ClN2O3. The largest absolute Gasteiger partial charge is 0.443 e. The summed E-state index contributed by atoms with van der Waals surface area (Å²) in [6, 6.07) is 7.33. The molecule has 5 nitrogen and oxygen atoms in total. The van der Waals surface area contributed by atoms with Crippen LogP contribution in [0.5, 0.6) is 0 Å². The molecular weight excluding hydrogens is 304 g/mol. The molecule has 0 atom stereocenters. The Labute approximate surface area is 135 Å². The predicted octanol–water partition coefficient (Wildman–Crippen LogP) is 3.40. The van der Waals surface area contributed by atoms with E-state index in [0.717, 1.165) is 5.69 Å². The van der Waals surface area contributed by atoms with E-state index in [9.17, 15) is 9.59 Å². The minimum atomic E-state index is -0.606. The maximum atomic E-state index is 12.4. The average Bonchev–Trinajstić information content (AvgIpc) is 2.44. The topological polar surface area (TPSA) is 49.9 Å². The number of fused-ring (bicyclic) bond motifs is 1. The molecule has 0 saturated heterocycles. The van der Waals surface area contributed by atoms with E-state index in [4.69, 9.17) is 16.3 Å². The van der Waals surface area contributed by atoms with Crippen molar-refractivity contribution in [3.05, 3.63) is 24.3 Å². The molecule has 0 aromatic heterocycles. The van der Waals surface area contributed by atoms with Crippen molar-refractivity contribution in [2.45, 2.75) is 32.8 Å². The van der Waals surface area contributed by atoms with Crippen molar-refractivity contribution in [3.8, 4) is 0 Å². The van der Waals surface area contributed by atoms with Crippen molar-refractivity contribution in [1.29, 1.82) is 0 Å². The van der Waals surface area contributed by atoms with Crippen LogP contribution in [0.15, 0.2) is 24.3 Å². The zero-order valence-electron chi connectivity index (χ0n) is 13.1. The maximum absolute atomic E-state index is 12.4. The van der Waals surface area contributed by atoms with Crippen LogP contribution in [0.1, 0.15) is 27.2 Å². The Balaban J connectivity index is 2.31. The summed E-state index contributed by atoms with van der Waals surface area (Å²) in [5, 5.41) is 0. The first-order valence-corrected chi connectivity index (χ1v) is 7.83. The van der Waals surface area contributed by atoms with Crippen molar-refractivity contribution >= 4 is 35.0 Å². The number of hydrogen-bond donors (Lipinski definition) is 0. The van der Waals surface area contributed by atoms with Gasteiger partial charge in [0.05, 0.1) is 11.4 Å². The summed E-state index contributed by atoms with van der Waals surface area (Å²) < 4.78 is 5.39. The Morgan fingerprint density at radius 3 is 2.50 bits per heavy atom. The summed E-state index contributed by atoms with van der Waals surface area (Å²) in [5.41, 5.74) is 0.797. The third-order valence-corrected chi connectivity index (χ3v) is 3.45. The van der Waals surface area contributed by atoms with E-state index in [1.807, 2.05) is 24.3 Å². The number of nitrogens with zero attached hydrogens (tertiary/aromatic N) is 2. The van der Waals surface area contributed by atoms with Crippen LogP contribution in [0.3, 0.4) is 0 Å². The van der Waals surface area contributed by atoms with Gasteiger partial charge in [0.15, 0.2) is 0 Å². The summed E-state index contributed by atoms with van der Waals surface area (Å²) in [5.74, 6) is 0.358. The lowest BCUT2D eigenvalue weighted by molar-refractivity contribution is -0.117. The summed E-state index contributed by atoms with van der Waals surface area (Å²) in [6.45, 7) is 5.93. The Morgan fingerprint density at radius 2 is 1.91 bits per heavy atom. The van der Waals surface area contributed by atoms with Gasteiger partial charge in [0.2, 0.25) is 5.91 Å². The molecule has 2 amide bonds. The maximum Gasteiger partial charge on any atom is 0.415 e. The van der Waals surface area contributed by atoms with Crippen LogP contribution in [-0.2, 0) is 9.53 Å². The van der Waals surface area contributed by atoms with Gasteiger partial charge in [0.1, 0.15) is 12.1 Å². The van der Waals surface area contributed by atoms with E-state index in [1.54, 1.807) is 25.7 Å². The van der Waals surface area contributed by atoms with Gasteiger partial charge in [0, 0.05) is 12.4 Å². The van der Waals surface area contributed by atoms with Crippen LogP contribution in [0.4, 0.5) is 16.2 Å². The first-order valence-electron chi connectivity index (χ1n) is 7.29. The molecule has 0 N–H and O–H groups in total. The second-order valence-electron chi connectivity index (χ2n) is 6.14. The highest BCUT2D eigenvalue weighted by Crippen LogP contribution is 2.34. The Morgan fingerprint density at radius 1 is 1.27 bits per heavy atom. The highest BCUT2D eigenvalue weighted by atomic mass is 35.5. The fourth-order valence-electron chi connectivity index (χ4n) is 2.30. The van der Waals surface area contributed by atoms with Crippen molar-refractivity contribution < 1.29 is 14.3 Å². The Hall–Kier alpha value is -1.75. The average molecular weight is 325 g/mol. The zero-order chi connectivity index (χ0) is 16.3. The van der Waals surface area contributed by atoms with Crippen molar-refractivity contribution in [2.75, 3.05) is 28.8 Å². The predicted molar refractivity (Wildman–Crippen MR) is 87.7 cm³/mol. The molecule has 1 aromatic carbocycles. The normalized spacial score (nSPS) is 14.8. The van der Waals surface area contributed by atoms with Gasteiger partial charge in [-0.05, 0) is 39.3 Å². The van der Waals surface area contributed by atoms with Crippen molar-refractivity contribution in [2.24, 2.45) is 0 Å². The summed E-state index contributed by atoms with van der Waals surface area (Å²) >= 11 is 5.72. The van der Waals surface area contributed by atoms with Gasteiger partial charge in [0.25, 0.3) is 0 Å². The molecule has 1 aliphatic heterocycles. The lowest BCUT2D eigenvalue weighted by Gasteiger charge is -2.36. The number of hydrogen-bond acceptors (Lipinski definition) is 3. The van der Waals surface area contributed by atoms with Crippen LogP contribution in [0, 0.1) is 0 Å². The van der Waals surface area contributed by atoms with Gasteiger partial charge in [-0.15, -0.1) is 11.6 Å². The lowest BCUT2D eigenvalue weighted by atomic mass is 10.1. The molecule has 0 radical (unpaired) electrons. The fourth-order valence-corrected chi connectivity index (χ4v) is 2.42. The number of carbonyl (C=O) groups excluding carboxylic acids is 2. The van der Waals surface area contributed by atoms with Crippen molar-refractivity contribution in [3.63, 3.8) is 0 Å². The summed E-state index contributed by atoms with van der Waals surface area (Å²) in [6.07, 6.45) is 0.193. The number of ether oxygens (including phenoxy) is 1. The molecule has 22 heavy (non-hydrogen) atoms. The minimum Gasteiger partial charge on any atom is -0.443 e. The van der Waals surface area contributed by atoms with Gasteiger partial charge in [-0.1, -0.05) is 12.1 Å². The standard InChI is InChI=1S/C16H21ClN2O3/c1-16(2,3)22-15(21)19-11-14(20)18(10-6-9-17)12-7-4-5-8-13(12)19/h4-5,7-8H,6,9-11H2,1-3H3. The molecule has 0 saturated carbocycles. The van der Waals surface area contributed by atoms with Crippen LogP contribution < -0.4 is 9.80 Å². The van der Waals surface area contributed by atoms with Crippen molar-refractivity contribution in [1.82, 2.24) is 0 Å². The molecule has 6 heteroatoms. The number of benzene rings is 1. The number of alkyl halides is 1. The van der Waals surface area contributed by atoms with E-state index in [1.165, 1.54) is 4.90 Å². The minimum absolute atomic E-state index is 0.0196. The number of amides is 2. The van der Waals surface area contributed by atoms with Gasteiger partial charge < -0.3 is 9.64 Å². The number of rotatable bonds is 3. The molecule has 0 fully saturated rings. The number of carbonyl (C=O) groups is 2. The zero-order valence-corrected chi connectivity index (χ0v) is 13.9. The van der Waals surface area contributed by atoms with Crippen LogP contribution in [0.25, 0.3) is 0 Å². The molecule has 2 rings (SSSR count). The molecule has 1 aliphatic rings. The van der Waals surface area contributed by atoms with Gasteiger partial charge in [-0.2, -0.15) is 0 Å². The van der Waals surface area contributed by atoms with E-state index < -0.39 is 11.7 Å². The number of halogens is 1. The molecule has 0 unspecified atom stereocenters. The SMILES string of the molecule is CC(C)(C)OC(=O)N1CC(=O)N(CCCCl)c2ccccc21. The Kier molecular flexibility index (Phi) is 4.96. The van der Waals surface area contributed by atoms with E-state index in [-0.39, 0.29) is 12.5 Å². The molecule has 0 aliphatic carbocycles. The molecule has 0 spiro atoms. The third-order valence-electron chi connectivity index (χ3n) is 3.19. The van der Waals surface area contributed by atoms with E-state index in [2.05, 4.69) is 0 Å². The second-order valence-corrected chi connectivity index (χ2v) is 6.52. The molecule has 1 aromatic rings. The van der Waals surface area contributed by atoms with Gasteiger partial charge in [-0.3, -0.25) is 9.69 Å². The smallest absolute Gasteiger partial charge is 0.415 e.